The van der Waals surface area contributed by atoms with Gasteiger partial charge in [0.2, 0.25) is 12.4 Å². The maximum atomic E-state index is 12.9. The highest BCUT2D eigenvalue weighted by atomic mass is 16.7. The first-order valence-corrected chi connectivity index (χ1v) is 12.5. The lowest BCUT2D eigenvalue weighted by molar-refractivity contribution is -0.288. The summed E-state index contributed by atoms with van der Waals surface area (Å²) < 4.78 is 44.0. The van der Waals surface area contributed by atoms with E-state index in [0.717, 1.165) is 20.8 Å². The molecule has 2 heterocycles. The Bertz CT molecular complexity index is 1100. The number of esters is 4. The number of carbonyl (C=O) groups is 5. The van der Waals surface area contributed by atoms with Crippen LogP contribution in [-0.2, 0) is 47.6 Å². The Morgan fingerprint density at radius 3 is 2.00 bits per heavy atom. The van der Waals surface area contributed by atoms with Gasteiger partial charge in [0.25, 0.3) is 5.91 Å². The number of methoxy groups -OCH3 is 1. The molecule has 1 aromatic rings. The first-order valence-electron chi connectivity index (χ1n) is 12.5. The summed E-state index contributed by atoms with van der Waals surface area (Å²) in [6, 6.07) is 4.49. The summed E-state index contributed by atoms with van der Waals surface area (Å²) in [5, 5.41) is 0. The predicted octanol–water partition coefficient (Wildman–Crippen LogP) is 0.630. The molecule has 0 bridgehead atoms. The molecule has 5 unspecified atom stereocenters. The number of hydrogen-bond acceptors (Lipinski definition) is 13. The van der Waals surface area contributed by atoms with E-state index >= 15 is 0 Å². The van der Waals surface area contributed by atoms with Gasteiger partial charge in [0.15, 0.2) is 23.7 Å². The van der Waals surface area contributed by atoms with Crippen molar-refractivity contribution in [2.24, 2.45) is 0 Å². The van der Waals surface area contributed by atoms with E-state index in [2.05, 4.69) is 0 Å². The summed E-state index contributed by atoms with van der Waals surface area (Å²) in [6.45, 7) is 5.92. The molecule has 0 radical (unpaired) electrons. The van der Waals surface area contributed by atoms with Gasteiger partial charge in [0.1, 0.15) is 12.7 Å². The van der Waals surface area contributed by atoms with Gasteiger partial charge in [-0.15, -0.1) is 0 Å². The van der Waals surface area contributed by atoms with Crippen molar-refractivity contribution in [3.8, 4) is 11.5 Å². The fraction of sp³-hybridized carbons (Fsp3) is 0.577. The number of amides is 1. The van der Waals surface area contributed by atoms with E-state index in [-0.39, 0.29) is 17.4 Å². The number of carbonyl (C=O) groups excluding carboxylic acids is 5. The largest absolute Gasteiger partial charge is 0.493 e. The lowest BCUT2D eigenvalue weighted by Gasteiger charge is -2.44. The van der Waals surface area contributed by atoms with Crippen LogP contribution in [0.3, 0.4) is 0 Å². The standard InChI is InChI=1S/C26H33NO13/c1-14(28)35-13-21-22(36-15(2)29)23(37-16(3)30)24(38-17(4)31)26(40-21)39-19-7-6-18(12-20(19)33-5)25(32)27-8-10-34-11-9-27/h6-7,12,21-24,26H,8-11,13H2,1-5H3. The first-order chi connectivity index (χ1) is 19.0. The van der Waals surface area contributed by atoms with Crippen LogP contribution >= 0.6 is 0 Å². The van der Waals surface area contributed by atoms with Gasteiger partial charge in [0.05, 0.1) is 20.3 Å². The quantitative estimate of drug-likeness (QED) is 0.302. The molecule has 5 atom stereocenters. The molecule has 14 heteroatoms. The van der Waals surface area contributed by atoms with E-state index in [1.165, 1.54) is 32.2 Å². The molecule has 0 aliphatic carbocycles. The summed E-state index contributed by atoms with van der Waals surface area (Å²) >= 11 is 0. The Morgan fingerprint density at radius 2 is 1.43 bits per heavy atom. The van der Waals surface area contributed by atoms with Crippen LogP contribution in [0.4, 0.5) is 0 Å². The van der Waals surface area contributed by atoms with Crippen LogP contribution in [0, 0.1) is 0 Å². The number of ether oxygens (including phenoxy) is 8. The lowest BCUT2D eigenvalue weighted by Crippen LogP contribution is -2.63. The molecule has 2 fully saturated rings. The fourth-order valence-electron chi connectivity index (χ4n) is 4.26. The summed E-state index contributed by atoms with van der Waals surface area (Å²) in [4.78, 5) is 62.0. The number of benzene rings is 1. The molecule has 2 saturated heterocycles. The van der Waals surface area contributed by atoms with E-state index in [4.69, 9.17) is 37.9 Å². The Kier molecular flexibility index (Phi) is 10.7. The third-order valence-corrected chi connectivity index (χ3v) is 5.90. The zero-order valence-electron chi connectivity index (χ0n) is 22.9. The normalized spacial score (nSPS) is 24.3. The van der Waals surface area contributed by atoms with Crippen LogP contribution in [0.15, 0.2) is 18.2 Å². The van der Waals surface area contributed by atoms with Gasteiger partial charge < -0.3 is 42.8 Å². The van der Waals surface area contributed by atoms with Crippen LogP contribution < -0.4 is 9.47 Å². The fourth-order valence-corrected chi connectivity index (χ4v) is 4.26. The molecule has 0 spiro atoms. The molecule has 2 aliphatic heterocycles. The molecular weight excluding hydrogens is 534 g/mol. The van der Waals surface area contributed by atoms with E-state index in [9.17, 15) is 24.0 Å². The molecule has 0 N–H and O–H groups in total. The average Bonchev–Trinajstić information content (AvgIpc) is 2.90. The van der Waals surface area contributed by atoms with E-state index < -0.39 is 61.2 Å². The minimum atomic E-state index is -1.45. The van der Waals surface area contributed by atoms with Crippen molar-refractivity contribution in [1.29, 1.82) is 0 Å². The molecular formula is C26H33NO13. The Labute approximate surface area is 230 Å². The monoisotopic (exact) mass is 567 g/mol. The highest BCUT2D eigenvalue weighted by molar-refractivity contribution is 5.95. The smallest absolute Gasteiger partial charge is 0.303 e. The molecule has 1 aromatic carbocycles. The van der Waals surface area contributed by atoms with Gasteiger partial charge in [0, 0.05) is 46.3 Å². The Balaban J connectivity index is 1.96. The highest BCUT2D eigenvalue weighted by Crippen LogP contribution is 2.35. The van der Waals surface area contributed by atoms with Gasteiger partial charge in [-0.2, -0.15) is 0 Å². The predicted molar refractivity (Wildman–Crippen MR) is 132 cm³/mol. The van der Waals surface area contributed by atoms with E-state index in [1.807, 2.05) is 0 Å². The summed E-state index contributed by atoms with van der Waals surface area (Å²) in [6.07, 6.45) is -6.76. The molecule has 3 rings (SSSR count). The SMILES string of the molecule is COc1cc(C(=O)N2CCOCC2)ccc1OC1OC(COC(C)=O)C(OC(C)=O)C(OC(C)=O)C1OC(C)=O. The summed E-state index contributed by atoms with van der Waals surface area (Å²) in [7, 11) is 1.37. The molecule has 0 saturated carbocycles. The lowest BCUT2D eigenvalue weighted by atomic mass is 9.98. The zero-order chi connectivity index (χ0) is 29.4. The molecule has 40 heavy (non-hydrogen) atoms. The molecule has 220 valence electrons. The van der Waals surface area contributed by atoms with Crippen molar-refractivity contribution in [3.05, 3.63) is 23.8 Å². The number of nitrogens with zero attached hydrogens (tertiary/aromatic N) is 1. The second-order valence-corrected chi connectivity index (χ2v) is 8.96. The minimum absolute atomic E-state index is 0.0990. The van der Waals surface area contributed by atoms with Gasteiger partial charge in [-0.25, -0.2) is 0 Å². The topological polar surface area (TPSA) is 162 Å². The summed E-state index contributed by atoms with van der Waals surface area (Å²) in [5.41, 5.74) is 0.340. The van der Waals surface area contributed by atoms with Crippen molar-refractivity contribution >= 4 is 29.8 Å². The number of rotatable bonds is 9. The Morgan fingerprint density at radius 1 is 0.825 bits per heavy atom. The van der Waals surface area contributed by atoms with E-state index in [1.54, 1.807) is 4.90 Å². The van der Waals surface area contributed by atoms with Gasteiger partial charge >= 0.3 is 23.9 Å². The van der Waals surface area contributed by atoms with Crippen LogP contribution in [0.5, 0.6) is 11.5 Å². The first kappa shape index (κ1) is 30.6. The highest BCUT2D eigenvalue weighted by Gasteiger charge is 2.53. The van der Waals surface area contributed by atoms with Crippen LogP contribution in [0.2, 0.25) is 0 Å². The molecule has 14 nitrogen and oxygen atoms in total. The average molecular weight is 568 g/mol. The molecule has 2 aliphatic rings. The maximum Gasteiger partial charge on any atom is 0.303 e. The van der Waals surface area contributed by atoms with Crippen LogP contribution in [0.1, 0.15) is 38.1 Å². The maximum absolute atomic E-state index is 12.9. The summed E-state index contributed by atoms with van der Waals surface area (Å²) in [5.74, 6) is -2.89. The van der Waals surface area contributed by atoms with Crippen LogP contribution in [-0.4, -0.2) is 105 Å². The zero-order valence-corrected chi connectivity index (χ0v) is 22.9. The van der Waals surface area contributed by atoms with Crippen LogP contribution in [0.25, 0.3) is 0 Å². The van der Waals surface area contributed by atoms with Gasteiger partial charge in [-0.05, 0) is 18.2 Å². The van der Waals surface area contributed by atoms with Crippen molar-refractivity contribution in [2.75, 3.05) is 40.0 Å². The van der Waals surface area contributed by atoms with Crippen molar-refractivity contribution in [1.82, 2.24) is 4.90 Å². The molecule has 0 aromatic heterocycles. The minimum Gasteiger partial charge on any atom is -0.493 e. The van der Waals surface area contributed by atoms with Crippen molar-refractivity contribution < 1.29 is 61.9 Å². The van der Waals surface area contributed by atoms with Crippen molar-refractivity contribution in [3.63, 3.8) is 0 Å². The Hall–Kier alpha value is -3.91. The second-order valence-electron chi connectivity index (χ2n) is 8.96. The molecule has 1 amide bonds. The third-order valence-electron chi connectivity index (χ3n) is 5.90. The van der Waals surface area contributed by atoms with Gasteiger partial charge in [-0.1, -0.05) is 0 Å². The second kappa shape index (κ2) is 13.9. The third kappa shape index (κ3) is 8.05. The van der Waals surface area contributed by atoms with Gasteiger partial charge in [-0.3, -0.25) is 24.0 Å². The van der Waals surface area contributed by atoms with Crippen molar-refractivity contribution in [2.45, 2.75) is 58.4 Å². The van der Waals surface area contributed by atoms with E-state index in [0.29, 0.717) is 31.9 Å². The number of hydrogen-bond donors (Lipinski definition) is 0. The number of morpholine rings is 1.